The van der Waals surface area contributed by atoms with Crippen LogP contribution in [0.5, 0.6) is 5.75 Å². The second kappa shape index (κ2) is 4.96. The molecule has 0 aliphatic carbocycles. The molecule has 2 rings (SSSR count). The lowest BCUT2D eigenvalue weighted by atomic mass is 10.1. The van der Waals surface area contributed by atoms with Crippen molar-refractivity contribution in [2.75, 3.05) is 7.11 Å². The van der Waals surface area contributed by atoms with Crippen LogP contribution in [-0.2, 0) is 4.74 Å². The maximum absolute atomic E-state index is 11.5. The van der Waals surface area contributed by atoms with Crippen LogP contribution in [0.3, 0.4) is 0 Å². The van der Waals surface area contributed by atoms with Crippen molar-refractivity contribution in [2.45, 2.75) is 6.92 Å². The molecule has 1 heterocycles. The molecule has 0 aliphatic heterocycles. The molecule has 0 saturated carbocycles. The van der Waals surface area contributed by atoms with E-state index in [9.17, 15) is 9.90 Å². The van der Waals surface area contributed by atoms with Crippen molar-refractivity contribution in [2.24, 2.45) is 0 Å². The van der Waals surface area contributed by atoms with E-state index in [-0.39, 0.29) is 16.3 Å². The van der Waals surface area contributed by atoms with Gasteiger partial charge in [-0.3, -0.25) is 0 Å². The Morgan fingerprint density at radius 2 is 2.22 bits per heavy atom. The third kappa shape index (κ3) is 2.32. The van der Waals surface area contributed by atoms with E-state index in [1.54, 1.807) is 6.20 Å². The molecule has 0 aliphatic rings. The van der Waals surface area contributed by atoms with E-state index in [1.165, 1.54) is 30.6 Å². The van der Waals surface area contributed by atoms with Crippen molar-refractivity contribution in [3.63, 3.8) is 0 Å². The molecule has 0 bridgehead atoms. The van der Waals surface area contributed by atoms with Gasteiger partial charge in [-0.05, 0) is 19.1 Å². The van der Waals surface area contributed by atoms with Crippen LogP contribution in [0.25, 0.3) is 10.6 Å². The highest BCUT2D eigenvalue weighted by Gasteiger charge is 2.18. The lowest BCUT2D eigenvalue weighted by molar-refractivity contribution is 0.0600. The average Bonchev–Trinajstić information content (AvgIpc) is 2.77. The third-order valence-corrected chi connectivity index (χ3v) is 3.67. The number of rotatable bonds is 2. The Morgan fingerprint density at radius 3 is 2.78 bits per heavy atom. The molecule has 4 nitrogen and oxygen atoms in total. The number of aromatic nitrogens is 1. The van der Waals surface area contributed by atoms with Crippen molar-refractivity contribution in [3.8, 4) is 16.3 Å². The Labute approximate surface area is 113 Å². The summed E-state index contributed by atoms with van der Waals surface area (Å²) in [5, 5.41) is 10.5. The molecule has 18 heavy (non-hydrogen) atoms. The van der Waals surface area contributed by atoms with E-state index in [2.05, 4.69) is 9.72 Å². The number of thiazole rings is 1. The average molecular weight is 284 g/mol. The standard InChI is InChI=1S/C12H10ClNO3S/c1-6-5-14-11(18-6)8-3-7(15)4-9(10(8)13)12(16)17-2/h3-5,15H,1-2H3. The fourth-order valence-electron chi connectivity index (χ4n) is 1.50. The summed E-state index contributed by atoms with van der Waals surface area (Å²) in [4.78, 5) is 16.7. The van der Waals surface area contributed by atoms with E-state index < -0.39 is 5.97 Å². The number of hydrogen-bond acceptors (Lipinski definition) is 5. The van der Waals surface area contributed by atoms with Gasteiger partial charge >= 0.3 is 5.97 Å². The van der Waals surface area contributed by atoms with Crippen molar-refractivity contribution in [1.29, 1.82) is 0 Å². The van der Waals surface area contributed by atoms with Crippen LogP contribution in [-0.4, -0.2) is 23.2 Å². The monoisotopic (exact) mass is 283 g/mol. The summed E-state index contributed by atoms with van der Waals surface area (Å²) in [5.41, 5.74) is 0.650. The number of phenols is 1. The van der Waals surface area contributed by atoms with Gasteiger partial charge in [-0.15, -0.1) is 11.3 Å². The molecule has 0 spiro atoms. The zero-order chi connectivity index (χ0) is 13.3. The second-order valence-corrected chi connectivity index (χ2v) is 5.24. The predicted molar refractivity (Wildman–Crippen MR) is 70.3 cm³/mol. The number of aromatic hydroxyl groups is 1. The highest BCUT2D eigenvalue weighted by Crippen LogP contribution is 2.36. The molecule has 0 unspecified atom stereocenters. The summed E-state index contributed by atoms with van der Waals surface area (Å²) >= 11 is 7.59. The molecule has 6 heteroatoms. The molecule has 94 valence electrons. The lowest BCUT2D eigenvalue weighted by Crippen LogP contribution is -2.02. The van der Waals surface area contributed by atoms with Gasteiger partial charge in [0, 0.05) is 16.6 Å². The van der Waals surface area contributed by atoms with E-state index in [0.29, 0.717) is 10.6 Å². The van der Waals surface area contributed by atoms with Gasteiger partial charge in [0.2, 0.25) is 0 Å². The van der Waals surface area contributed by atoms with E-state index in [0.717, 1.165) is 4.88 Å². The summed E-state index contributed by atoms with van der Waals surface area (Å²) in [6, 6.07) is 2.76. The molecule has 2 aromatic rings. The Morgan fingerprint density at radius 1 is 1.50 bits per heavy atom. The Hall–Kier alpha value is -1.59. The molecule has 0 fully saturated rings. The first-order chi connectivity index (χ1) is 8.52. The van der Waals surface area contributed by atoms with Crippen molar-refractivity contribution >= 4 is 28.9 Å². The zero-order valence-corrected chi connectivity index (χ0v) is 11.3. The van der Waals surface area contributed by atoms with Gasteiger partial charge in [-0.25, -0.2) is 9.78 Å². The smallest absolute Gasteiger partial charge is 0.339 e. The summed E-state index contributed by atoms with van der Waals surface area (Å²) in [6.45, 7) is 1.92. The highest BCUT2D eigenvalue weighted by molar-refractivity contribution is 7.15. The number of carbonyl (C=O) groups excluding carboxylic acids is 1. The first-order valence-electron chi connectivity index (χ1n) is 5.06. The molecule has 0 radical (unpaired) electrons. The lowest BCUT2D eigenvalue weighted by Gasteiger charge is -2.07. The van der Waals surface area contributed by atoms with Crippen LogP contribution >= 0.6 is 22.9 Å². The van der Waals surface area contributed by atoms with Crippen LogP contribution in [0.1, 0.15) is 15.2 Å². The van der Waals surface area contributed by atoms with Gasteiger partial charge in [0.25, 0.3) is 0 Å². The Kier molecular flexibility index (Phi) is 3.54. The maximum atomic E-state index is 11.5. The summed E-state index contributed by atoms with van der Waals surface area (Å²) in [7, 11) is 1.26. The molecular weight excluding hydrogens is 274 g/mol. The summed E-state index contributed by atoms with van der Waals surface area (Å²) < 4.78 is 4.62. The summed E-state index contributed by atoms with van der Waals surface area (Å²) in [6.07, 6.45) is 1.71. The Bertz CT molecular complexity index is 609. The largest absolute Gasteiger partial charge is 0.508 e. The third-order valence-electron chi connectivity index (χ3n) is 2.31. The van der Waals surface area contributed by atoms with E-state index in [1.807, 2.05) is 6.92 Å². The van der Waals surface area contributed by atoms with Crippen LogP contribution in [0.15, 0.2) is 18.3 Å². The van der Waals surface area contributed by atoms with Crippen LogP contribution in [0.2, 0.25) is 5.02 Å². The van der Waals surface area contributed by atoms with E-state index >= 15 is 0 Å². The molecule has 1 N–H and O–H groups in total. The van der Waals surface area contributed by atoms with Crippen molar-refractivity contribution < 1.29 is 14.6 Å². The topological polar surface area (TPSA) is 59.4 Å². The predicted octanol–water partition coefficient (Wildman–Crippen LogP) is 3.26. The number of methoxy groups -OCH3 is 1. The van der Waals surface area contributed by atoms with E-state index in [4.69, 9.17) is 11.6 Å². The molecule has 0 atom stereocenters. The number of phenolic OH excluding ortho intramolecular Hbond substituents is 1. The number of ether oxygens (including phenoxy) is 1. The van der Waals surface area contributed by atoms with Crippen LogP contribution in [0.4, 0.5) is 0 Å². The maximum Gasteiger partial charge on any atom is 0.339 e. The Balaban J connectivity index is 2.61. The quantitative estimate of drug-likeness (QED) is 0.860. The van der Waals surface area contributed by atoms with Crippen molar-refractivity contribution in [3.05, 3.63) is 33.8 Å². The molecule has 0 saturated heterocycles. The number of carbonyl (C=O) groups is 1. The van der Waals surface area contributed by atoms with Crippen molar-refractivity contribution in [1.82, 2.24) is 4.98 Å². The van der Waals surface area contributed by atoms with Crippen LogP contribution < -0.4 is 0 Å². The van der Waals surface area contributed by atoms with Gasteiger partial charge in [0.05, 0.1) is 17.7 Å². The normalized spacial score (nSPS) is 10.4. The number of esters is 1. The molecule has 1 aromatic heterocycles. The second-order valence-electron chi connectivity index (χ2n) is 3.62. The fraction of sp³-hybridized carbons (Fsp3) is 0.167. The minimum absolute atomic E-state index is 0.0531. The minimum Gasteiger partial charge on any atom is -0.508 e. The van der Waals surface area contributed by atoms with Gasteiger partial charge < -0.3 is 9.84 Å². The first kappa shape index (κ1) is 12.9. The molecule has 0 amide bonds. The molecular formula is C12H10ClNO3S. The first-order valence-corrected chi connectivity index (χ1v) is 6.26. The van der Waals surface area contributed by atoms with Gasteiger partial charge in [-0.2, -0.15) is 0 Å². The number of aryl methyl sites for hydroxylation is 1. The minimum atomic E-state index is -0.592. The number of nitrogens with zero attached hydrogens (tertiary/aromatic N) is 1. The molecule has 1 aromatic carbocycles. The van der Waals surface area contributed by atoms with Gasteiger partial charge in [-0.1, -0.05) is 11.6 Å². The number of halogens is 1. The van der Waals surface area contributed by atoms with Crippen LogP contribution in [0, 0.1) is 6.92 Å². The van der Waals surface area contributed by atoms with Gasteiger partial charge in [0.1, 0.15) is 10.8 Å². The number of hydrogen-bond donors (Lipinski definition) is 1. The highest BCUT2D eigenvalue weighted by atomic mass is 35.5. The zero-order valence-electron chi connectivity index (χ0n) is 9.73. The fourth-order valence-corrected chi connectivity index (χ4v) is 2.62. The van der Waals surface area contributed by atoms with Gasteiger partial charge in [0.15, 0.2) is 0 Å². The summed E-state index contributed by atoms with van der Waals surface area (Å²) in [5.74, 6) is -0.645. The number of benzene rings is 1. The SMILES string of the molecule is COC(=O)c1cc(O)cc(-c2ncc(C)s2)c1Cl.